The summed E-state index contributed by atoms with van der Waals surface area (Å²) in [5, 5.41) is 3.16. The molecule has 0 aliphatic carbocycles. The van der Waals surface area contributed by atoms with Crippen molar-refractivity contribution in [3.63, 3.8) is 0 Å². The molecule has 5 heteroatoms. The standard InChI is InChI=1S/C11H18N4O/c16-11(15-5-1-2-6-15)9-12-3-7-14-8-4-13-10-14/h4,8,10,12H,1-3,5-7,9H2. The third-order valence-electron chi connectivity index (χ3n) is 2.84. The molecule has 1 aliphatic heterocycles. The quantitative estimate of drug-likeness (QED) is 0.719. The Morgan fingerprint density at radius 1 is 1.38 bits per heavy atom. The molecule has 1 aromatic heterocycles. The second-order valence-electron chi connectivity index (χ2n) is 4.07. The minimum atomic E-state index is 0.225. The summed E-state index contributed by atoms with van der Waals surface area (Å²) < 4.78 is 1.99. The zero-order valence-corrected chi connectivity index (χ0v) is 9.43. The van der Waals surface area contributed by atoms with Gasteiger partial charge in [0.15, 0.2) is 0 Å². The second kappa shape index (κ2) is 5.65. The highest BCUT2D eigenvalue weighted by molar-refractivity contribution is 5.78. The molecule has 0 spiro atoms. The lowest BCUT2D eigenvalue weighted by Crippen LogP contribution is -2.37. The van der Waals surface area contributed by atoms with Crippen LogP contribution in [0.4, 0.5) is 0 Å². The van der Waals surface area contributed by atoms with Crippen molar-refractivity contribution < 1.29 is 4.79 Å². The molecule has 88 valence electrons. The van der Waals surface area contributed by atoms with E-state index in [0.29, 0.717) is 6.54 Å². The first-order valence-corrected chi connectivity index (χ1v) is 5.80. The summed E-state index contributed by atoms with van der Waals surface area (Å²) in [7, 11) is 0. The van der Waals surface area contributed by atoms with Crippen molar-refractivity contribution >= 4 is 5.91 Å². The molecule has 1 aliphatic rings. The van der Waals surface area contributed by atoms with Crippen LogP contribution in [0.5, 0.6) is 0 Å². The van der Waals surface area contributed by atoms with Crippen LogP contribution < -0.4 is 5.32 Å². The van der Waals surface area contributed by atoms with E-state index in [9.17, 15) is 4.79 Å². The van der Waals surface area contributed by atoms with Gasteiger partial charge in [-0.05, 0) is 12.8 Å². The fraction of sp³-hybridized carbons (Fsp3) is 0.636. The van der Waals surface area contributed by atoms with E-state index in [-0.39, 0.29) is 5.91 Å². The van der Waals surface area contributed by atoms with Gasteiger partial charge in [-0.25, -0.2) is 4.98 Å². The monoisotopic (exact) mass is 222 g/mol. The largest absolute Gasteiger partial charge is 0.342 e. The summed E-state index contributed by atoms with van der Waals surface area (Å²) in [6.45, 7) is 3.97. The Kier molecular flexibility index (Phi) is 3.93. The molecule has 1 N–H and O–H groups in total. The summed E-state index contributed by atoms with van der Waals surface area (Å²) >= 11 is 0. The molecular weight excluding hydrogens is 204 g/mol. The molecule has 0 aromatic carbocycles. The van der Waals surface area contributed by atoms with Crippen LogP contribution in [0, 0.1) is 0 Å². The number of rotatable bonds is 5. The number of nitrogens with one attached hydrogen (secondary N) is 1. The van der Waals surface area contributed by atoms with E-state index >= 15 is 0 Å². The minimum Gasteiger partial charge on any atom is -0.342 e. The van der Waals surface area contributed by atoms with Crippen LogP contribution in [0.15, 0.2) is 18.7 Å². The topological polar surface area (TPSA) is 50.2 Å². The van der Waals surface area contributed by atoms with Crippen molar-refractivity contribution in [1.82, 2.24) is 19.8 Å². The molecule has 2 rings (SSSR count). The van der Waals surface area contributed by atoms with Crippen molar-refractivity contribution in [3.8, 4) is 0 Å². The average Bonchev–Trinajstić information content (AvgIpc) is 2.96. The maximum absolute atomic E-state index is 11.7. The molecule has 0 saturated carbocycles. The number of amides is 1. The normalized spacial score (nSPS) is 15.6. The first-order chi connectivity index (χ1) is 7.86. The van der Waals surface area contributed by atoms with Gasteiger partial charge in [0.05, 0.1) is 12.9 Å². The number of aromatic nitrogens is 2. The first-order valence-electron chi connectivity index (χ1n) is 5.80. The van der Waals surface area contributed by atoms with E-state index in [1.165, 1.54) is 0 Å². The lowest BCUT2D eigenvalue weighted by Gasteiger charge is -2.15. The summed E-state index contributed by atoms with van der Waals surface area (Å²) in [6, 6.07) is 0. The van der Waals surface area contributed by atoms with Crippen LogP contribution in [0.3, 0.4) is 0 Å². The van der Waals surface area contributed by atoms with Gasteiger partial charge in [0.1, 0.15) is 0 Å². The van der Waals surface area contributed by atoms with E-state index in [4.69, 9.17) is 0 Å². The van der Waals surface area contributed by atoms with E-state index < -0.39 is 0 Å². The third kappa shape index (κ3) is 3.06. The van der Waals surface area contributed by atoms with Gasteiger partial charge in [-0.3, -0.25) is 4.79 Å². The van der Waals surface area contributed by atoms with Crippen LogP contribution >= 0.6 is 0 Å². The number of hydrogen-bond acceptors (Lipinski definition) is 3. The van der Waals surface area contributed by atoms with Gasteiger partial charge in [-0.1, -0.05) is 0 Å². The molecular formula is C11H18N4O. The van der Waals surface area contributed by atoms with Crippen molar-refractivity contribution in [2.24, 2.45) is 0 Å². The van der Waals surface area contributed by atoms with Crippen molar-refractivity contribution in [3.05, 3.63) is 18.7 Å². The zero-order valence-electron chi connectivity index (χ0n) is 9.43. The van der Waals surface area contributed by atoms with Gasteiger partial charge in [0.25, 0.3) is 0 Å². The predicted molar refractivity (Wildman–Crippen MR) is 60.9 cm³/mol. The molecule has 1 fully saturated rings. The molecule has 2 heterocycles. The van der Waals surface area contributed by atoms with E-state index in [2.05, 4.69) is 10.3 Å². The molecule has 1 saturated heterocycles. The van der Waals surface area contributed by atoms with Crippen molar-refractivity contribution in [2.75, 3.05) is 26.2 Å². The Morgan fingerprint density at radius 3 is 2.88 bits per heavy atom. The number of nitrogens with zero attached hydrogens (tertiary/aromatic N) is 3. The van der Waals surface area contributed by atoms with Crippen molar-refractivity contribution in [1.29, 1.82) is 0 Å². The highest BCUT2D eigenvalue weighted by Crippen LogP contribution is 2.06. The van der Waals surface area contributed by atoms with Gasteiger partial charge in [-0.15, -0.1) is 0 Å². The lowest BCUT2D eigenvalue weighted by atomic mass is 10.4. The number of carbonyl (C=O) groups excluding carboxylic acids is 1. The molecule has 0 bridgehead atoms. The second-order valence-corrected chi connectivity index (χ2v) is 4.07. The Hall–Kier alpha value is -1.36. The van der Waals surface area contributed by atoms with Crippen molar-refractivity contribution in [2.45, 2.75) is 19.4 Å². The summed E-state index contributed by atoms with van der Waals surface area (Å²) in [5.74, 6) is 0.225. The fourth-order valence-electron chi connectivity index (χ4n) is 1.90. The van der Waals surface area contributed by atoms with Crippen LogP contribution in [-0.4, -0.2) is 46.5 Å². The smallest absolute Gasteiger partial charge is 0.236 e. The Morgan fingerprint density at radius 2 is 2.19 bits per heavy atom. The molecule has 1 amide bonds. The Balaban J connectivity index is 1.59. The number of carbonyl (C=O) groups is 1. The van der Waals surface area contributed by atoms with Crippen LogP contribution in [0.25, 0.3) is 0 Å². The molecule has 0 radical (unpaired) electrons. The van der Waals surface area contributed by atoms with Gasteiger partial charge in [0.2, 0.25) is 5.91 Å². The van der Waals surface area contributed by atoms with Crippen LogP contribution in [-0.2, 0) is 11.3 Å². The highest BCUT2D eigenvalue weighted by atomic mass is 16.2. The minimum absolute atomic E-state index is 0.225. The van der Waals surface area contributed by atoms with E-state index in [1.54, 1.807) is 12.5 Å². The van der Waals surface area contributed by atoms with Crippen LogP contribution in [0.1, 0.15) is 12.8 Å². The predicted octanol–water partition coefficient (Wildman–Crippen LogP) is 0.0951. The molecule has 0 unspecified atom stereocenters. The molecule has 0 atom stereocenters. The van der Waals surface area contributed by atoms with E-state index in [0.717, 1.165) is 39.0 Å². The SMILES string of the molecule is O=C(CNCCn1ccnc1)N1CCCC1. The van der Waals surface area contributed by atoms with Crippen LogP contribution in [0.2, 0.25) is 0 Å². The summed E-state index contributed by atoms with van der Waals surface area (Å²) in [6.07, 6.45) is 7.77. The molecule has 5 nitrogen and oxygen atoms in total. The summed E-state index contributed by atoms with van der Waals surface area (Å²) in [4.78, 5) is 17.5. The first kappa shape index (κ1) is 11.1. The Labute approximate surface area is 95.5 Å². The maximum atomic E-state index is 11.7. The van der Waals surface area contributed by atoms with Gasteiger partial charge in [-0.2, -0.15) is 0 Å². The zero-order chi connectivity index (χ0) is 11.2. The van der Waals surface area contributed by atoms with E-state index in [1.807, 2.05) is 15.7 Å². The fourth-order valence-corrected chi connectivity index (χ4v) is 1.90. The average molecular weight is 222 g/mol. The molecule has 1 aromatic rings. The Bertz CT molecular complexity index is 317. The lowest BCUT2D eigenvalue weighted by molar-refractivity contribution is -0.129. The van der Waals surface area contributed by atoms with Gasteiger partial charge in [0, 0.05) is 38.6 Å². The van der Waals surface area contributed by atoms with Gasteiger partial charge < -0.3 is 14.8 Å². The molecule has 16 heavy (non-hydrogen) atoms. The summed E-state index contributed by atoms with van der Waals surface area (Å²) in [5.41, 5.74) is 0. The van der Waals surface area contributed by atoms with Gasteiger partial charge >= 0.3 is 0 Å². The highest BCUT2D eigenvalue weighted by Gasteiger charge is 2.16. The maximum Gasteiger partial charge on any atom is 0.236 e. The number of imidazole rings is 1. The number of likely N-dealkylation sites (tertiary alicyclic amines) is 1. The third-order valence-corrected chi connectivity index (χ3v) is 2.84. The number of hydrogen-bond donors (Lipinski definition) is 1.